The van der Waals surface area contributed by atoms with E-state index in [1.54, 1.807) is 37.4 Å². The van der Waals surface area contributed by atoms with Gasteiger partial charge >= 0.3 is 0 Å². The molecule has 0 fully saturated rings. The molecule has 0 saturated heterocycles. The van der Waals surface area contributed by atoms with E-state index in [4.69, 9.17) is 23.4 Å². The second-order valence-electron chi connectivity index (χ2n) is 5.68. The monoisotopic (exact) mass is 372 g/mol. The number of hydrogen-bond donors (Lipinski definition) is 1. The molecule has 0 aliphatic rings. The van der Waals surface area contributed by atoms with Gasteiger partial charge in [-0.1, -0.05) is 0 Å². The van der Waals surface area contributed by atoms with Crippen LogP contribution in [0.15, 0.2) is 51.9 Å². The molecule has 0 aliphatic heterocycles. The summed E-state index contributed by atoms with van der Waals surface area (Å²) in [6.07, 6.45) is 1.32. The van der Waals surface area contributed by atoms with Crippen LogP contribution in [0.2, 0.25) is 0 Å². The Hall–Kier alpha value is -3.03. The Kier molecular flexibility index (Phi) is 5.95. The van der Waals surface area contributed by atoms with Gasteiger partial charge in [0, 0.05) is 24.8 Å². The second-order valence-corrected chi connectivity index (χ2v) is 5.68. The molecule has 2 aromatic carbocycles. The molecule has 0 saturated carbocycles. The molecule has 1 N–H and O–H groups in total. The Balaban J connectivity index is 1.85. The van der Waals surface area contributed by atoms with Gasteiger partial charge in [0.1, 0.15) is 29.1 Å². The lowest BCUT2D eigenvalue weighted by molar-refractivity contribution is -0.00843. The van der Waals surface area contributed by atoms with Crippen LogP contribution >= 0.6 is 0 Å². The number of hydrogen-bond acceptors (Lipinski definition) is 7. The second kappa shape index (κ2) is 8.57. The first kappa shape index (κ1) is 18.8. The fourth-order valence-electron chi connectivity index (χ4n) is 2.56. The average Bonchev–Trinajstić information content (AvgIpc) is 2.68. The largest absolute Gasteiger partial charge is 0.507 e. The lowest BCUT2D eigenvalue weighted by Gasteiger charge is -2.09. The third kappa shape index (κ3) is 4.21. The van der Waals surface area contributed by atoms with Crippen molar-refractivity contribution in [3.8, 4) is 28.4 Å². The Morgan fingerprint density at radius 3 is 2.56 bits per heavy atom. The molecule has 0 radical (unpaired) electrons. The molecular weight excluding hydrogens is 352 g/mol. The minimum Gasteiger partial charge on any atom is -0.507 e. The maximum absolute atomic E-state index is 12.8. The van der Waals surface area contributed by atoms with Crippen LogP contribution < -0.4 is 14.9 Å². The van der Waals surface area contributed by atoms with Crippen molar-refractivity contribution in [1.29, 1.82) is 0 Å². The van der Waals surface area contributed by atoms with Crippen LogP contribution in [0.25, 0.3) is 22.1 Å². The highest BCUT2D eigenvalue weighted by Gasteiger charge is 2.14. The summed E-state index contributed by atoms with van der Waals surface area (Å²) in [5.41, 5.74) is 0.767. The van der Waals surface area contributed by atoms with Crippen molar-refractivity contribution >= 4 is 11.0 Å². The van der Waals surface area contributed by atoms with Crippen LogP contribution in [0.4, 0.5) is 0 Å². The summed E-state index contributed by atoms with van der Waals surface area (Å²) in [4.78, 5) is 12.8. The Morgan fingerprint density at radius 1 is 1.00 bits per heavy atom. The molecule has 0 atom stereocenters. The van der Waals surface area contributed by atoms with E-state index in [9.17, 15) is 9.90 Å². The topological polar surface area (TPSA) is 87.4 Å². The van der Waals surface area contributed by atoms with E-state index in [1.807, 2.05) is 0 Å². The summed E-state index contributed by atoms with van der Waals surface area (Å²) in [5.74, 6) is 0.952. The summed E-state index contributed by atoms with van der Waals surface area (Å²) >= 11 is 0. The van der Waals surface area contributed by atoms with Gasteiger partial charge in [0.2, 0.25) is 5.43 Å². The zero-order valence-corrected chi connectivity index (χ0v) is 15.1. The zero-order valence-electron chi connectivity index (χ0n) is 15.1. The maximum atomic E-state index is 12.8. The smallest absolute Gasteiger partial charge is 0.200 e. The van der Waals surface area contributed by atoms with Gasteiger partial charge in [0.05, 0.1) is 31.3 Å². The van der Waals surface area contributed by atoms with Crippen LogP contribution in [-0.2, 0) is 9.47 Å². The third-order valence-corrected chi connectivity index (χ3v) is 3.98. The molecule has 1 aromatic heterocycles. The molecule has 7 nitrogen and oxygen atoms in total. The number of benzene rings is 2. The van der Waals surface area contributed by atoms with Gasteiger partial charge in [0.25, 0.3) is 0 Å². The fraction of sp³-hybridized carbons (Fsp3) is 0.250. The van der Waals surface area contributed by atoms with Gasteiger partial charge in [-0.15, -0.1) is 0 Å². The first-order valence-corrected chi connectivity index (χ1v) is 8.26. The molecule has 0 bridgehead atoms. The van der Waals surface area contributed by atoms with Crippen LogP contribution in [0.1, 0.15) is 0 Å². The number of aromatic hydroxyl groups is 1. The first-order chi connectivity index (χ1) is 13.1. The molecule has 3 aromatic rings. The Labute approximate surface area is 155 Å². The first-order valence-electron chi connectivity index (χ1n) is 8.26. The van der Waals surface area contributed by atoms with Crippen molar-refractivity contribution < 1.29 is 28.5 Å². The van der Waals surface area contributed by atoms with Gasteiger partial charge in [-0.25, -0.2) is 0 Å². The van der Waals surface area contributed by atoms with Gasteiger partial charge in [-0.05, 0) is 24.3 Å². The van der Waals surface area contributed by atoms with Crippen molar-refractivity contribution in [2.45, 2.75) is 0 Å². The predicted molar refractivity (Wildman–Crippen MR) is 99.5 cm³/mol. The molecule has 0 spiro atoms. The van der Waals surface area contributed by atoms with Crippen molar-refractivity contribution in [1.82, 2.24) is 0 Å². The fourth-order valence-corrected chi connectivity index (χ4v) is 2.56. The number of phenolic OH excluding ortho intramolecular Hbond substituents is 1. The van der Waals surface area contributed by atoms with Crippen molar-refractivity contribution in [3.63, 3.8) is 0 Å². The summed E-state index contributed by atoms with van der Waals surface area (Å²) in [6.45, 7) is 0.974. The Bertz CT molecular complexity index is 978. The minimum absolute atomic E-state index is 0.0610. The lowest BCUT2D eigenvalue weighted by atomic mass is 10.0. The number of phenols is 1. The summed E-state index contributed by atoms with van der Waals surface area (Å²) in [6, 6.07) is 9.63. The van der Waals surface area contributed by atoms with Gasteiger partial charge < -0.3 is 28.5 Å². The van der Waals surface area contributed by atoms with Crippen LogP contribution in [0.3, 0.4) is 0 Å². The predicted octanol–water partition coefficient (Wildman–Crippen LogP) is 3.17. The van der Waals surface area contributed by atoms with E-state index in [1.165, 1.54) is 19.4 Å². The summed E-state index contributed by atoms with van der Waals surface area (Å²) < 4.78 is 26.2. The van der Waals surface area contributed by atoms with E-state index in [2.05, 4.69) is 0 Å². The van der Waals surface area contributed by atoms with Gasteiger partial charge in [-0.3, -0.25) is 4.79 Å². The quantitative estimate of drug-likeness (QED) is 0.480. The van der Waals surface area contributed by atoms with Crippen molar-refractivity contribution in [2.75, 3.05) is 34.2 Å². The Morgan fingerprint density at radius 2 is 1.81 bits per heavy atom. The maximum Gasteiger partial charge on any atom is 0.200 e. The standard InChI is InChI=1S/C20H20O7/c1-23-7-8-25-12-27-14-4-6-16-19(10-14)26-11-17(20(16)22)15-5-3-13(24-2)9-18(15)21/h3-6,9-11,21H,7-8,12H2,1-2H3. The van der Waals surface area contributed by atoms with Crippen LogP contribution in [0, 0.1) is 0 Å². The zero-order chi connectivity index (χ0) is 19.2. The highest BCUT2D eigenvalue weighted by molar-refractivity contribution is 5.84. The van der Waals surface area contributed by atoms with E-state index >= 15 is 0 Å². The molecule has 27 heavy (non-hydrogen) atoms. The average molecular weight is 372 g/mol. The number of ether oxygens (including phenoxy) is 4. The highest BCUT2D eigenvalue weighted by atomic mass is 16.7. The van der Waals surface area contributed by atoms with E-state index in [0.29, 0.717) is 41.2 Å². The molecular formula is C20H20O7. The van der Waals surface area contributed by atoms with Gasteiger partial charge in [-0.2, -0.15) is 0 Å². The molecule has 0 aliphatic carbocycles. The highest BCUT2D eigenvalue weighted by Crippen LogP contribution is 2.32. The molecule has 0 amide bonds. The van der Waals surface area contributed by atoms with Crippen molar-refractivity contribution in [2.24, 2.45) is 0 Å². The minimum atomic E-state index is -0.250. The van der Waals surface area contributed by atoms with Crippen molar-refractivity contribution in [3.05, 3.63) is 52.9 Å². The molecule has 7 heteroatoms. The molecule has 1 heterocycles. The van der Waals surface area contributed by atoms with Crippen LogP contribution in [0.5, 0.6) is 17.2 Å². The number of fused-ring (bicyclic) bond motifs is 1. The summed E-state index contributed by atoms with van der Waals surface area (Å²) in [7, 11) is 3.09. The SMILES string of the molecule is COCCOCOc1ccc2c(=O)c(-c3ccc(OC)cc3O)coc2c1. The van der Waals surface area contributed by atoms with Gasteiger partial charge in [0.15, 0.2) is 6.79 Å². The normalized spacial score (nSPS) is 10.9. The number of methoxy groups -OCH3 is 2. The third-order valence-electron chi connectivity index (χ3n) is 3.98. The van der Waals surface area contributed by atoms with Crippen LogP contribution in [-0.4, -0.2) is 39.3 Å². The molecule has 0 unspecified atom stereocenters. The van der Waals surface area contributed by atoms with E-state index in [-0.39, 0.29) is 23.5 Å². The molecule has 3 rings (SSSR count). The van der Waals surface area contributed by atoms with E-state index < -0.39 is 0 Å². The number of rotatable bonds is 8. The van der Waals surface area contributed by atoms with E-state index in [0.717, 1.165) is 0 Å². The molecule has 142 valence electrons. The summed E-state index contributed by atoms with van der Waals surface area (Å²) in [5, 5.41) is 10.6. The lowest BCUT2D eigenvalue weighted by Crippen LogP contribution is -2.08.